The van der Waals surface area contributed by atoms with Crippen LogP contribution in [0.4, 0.5) is 0 Å². The molecule has 6 nitrogen and oxygen atoms in total. The van der Waals surface area contributed by atoms with Crippen molar-refractivity contribution in [2.45, 2.75) is 52.6 Å². The van der Waals surface area contributed by atoms with E-state index in [1.165, 1.54) is 11.8 Å². The molecule has 3 aromatic rings. The summed E-state index contributed by atoms with van der Waals surface area (Å²) in [6, 6.07) is 12.4. The van der Waals surface area contributed by atoms with E-state index in [4.69, 9.17) is 18.6 Å². The van der Waals surface area contributed by atoms with E-state index in [1.807, 2.05) is 38.1 Å². The zero-order valence-corrected chi connectivity index (χ0v) is 18.6. The van der Waals surface area contributed by atoms with Gasteiger partial charge in [0.2, 0.25) is 11.2 Å². The fourth-order valence-corrected chi connectivity index (χ4v) is 2.89. The molecule has 0 saturated heterocycles. The van der Waals surface area contributed by atoms with Gasteiger partial charge in [-0.25, -0.2) is 4.79 Å². The average molecular weight is 424 g/mol. The largest absolute Gasteiger partial charge is 0.482 e. The summed E-state index contributed by atoms with van der Waals surface area (Å²) in [4.78, 5) is 24.6. The molecule has 2 aromatic carbocycles. The van der Waals surface area contributed by atoms with Gasteiger partial charge in [0.1, 0.15) is 23.3 Å². The van der Waals surface area contributed by atoms with Crippen molar-refractivity contribution in [1.82, 2.24) is 0 Å². The second kappa shape index (κ2) is 9.25. The predicted molar refractivity (Wildman–Crippen MR) is 119 cm³/mol. The van der Waals surface area contributed by atoms with Crippen LogP contribution in [0, 0.1) is 0 Å². The van der Waals surface area contributed by atoms with Crippen molar-refractivity contribution in [1.29, 1.82) is 0 Å². The van der Waals surface area contributed by atoms with Gasteiger partial charge in [-0.15, -0.1) is 0 Å². The number of benzene rings is 2. The first-order chi connectivity index (χ1) is 14.7. The maximum Gasteiger partial charge on any atom is 0.344 e. The highest BCUT2D eigenvalue weighted by atomic mass is 16.6. The summed E-state index contributed by atoms with van der Waals surface area (Å²) >= 11 is 0. The summed E-state index contributed by atoms with van der Waals surface area (Å²) < 4.78 is 22.0. The SMILES string of the molecule is CCC(C)OC(=O)COc1ccc2c(=O)c(Oc3ccc(C(C)(C)C)cc3)coc2c1. The normalized spacial score (nSPS) is 12.4. The van der Waals surface area contributed by atoms with Gasteiger partial charge >= 0.3 is 5.97 Å². The molecule has 0 amide bonds. The van der Waals surface area contributed by atoms with Crippen molar-refractivity contribution in [2.75, 3.05) is 6.61 Å². The Morgan fingerprint density at radius 2 is 1.74 bits per heavy atom. The molecular formula is C25H28O6. The van der Waals surface area contributed by atoms with Crippen molar-refractivity contribution < 1.29 is 23.4 Å². The van der Waals surface area contributed by atoms with E-state index in [9.17, 15) is 9.59 Å². The van der Waals surface area contributed by atoms with E-state index in [0.717, 1.165) is 6.42 Å². The Hall–Kier alpha value is -3.28. The monoisotopic (exact) mass is 424 g/mol. The maximum absolute atomic E-state index is 12.8. The third-order valence-electron chi connectivity index (χ3n) is 4.93. The number of ether oxygens (including phenoxy) is 3. The first-order valence-corrected chi connectivity index (χ1v) is 10.3. The number of rotatable bonds is 7. The van der Waals surface area contributed by atoms with E-state index >= 15 is 0 Å². The van der Waals surface area contributed by atoms with Crippen LogP contribution in [0.5, 0.6) is 17.2 Å². The number of hydrogen-bond donors (Lipinski definition) is 0. The summed E-state index contributed by atoms with van der Waals surface area (Å²) in [5.41, 5.74) is 1.26. The highest BCUT2D eigenvalue weighted by molar-refractivity contribution is 5.79. The summed E-state index contributed by atoms with van der Waals surface area (Å²) in [5.74, 6) is 0.613. The molecule has 1 unspecified atom stereocenters. The third kappa shape index (κ3) is 5.66. The molecular weight excluding hydrogens is 396 g/mol. The molecule has 0 N–H and O–H groups in total. The molecule has 0 aliphatic heterocycles. The maximum atomic E-state index is 12.8. The Bertz CT molecular complexity index is 1110. The molecule has 0 aliphatic rings. The Kier molecular flexibility index (Phi) is 6.68. The fourth-order valence-electron chi connectivity index (χ4n) is 2.89. The van der Waals surface area contributed by atoms with E-state index < -0.39 is 5.97 Å². The molecule has 6 heteroatoms. The Morgan fingerprint density at radius 3 is 2.39 bits per heavy atom. The lowest BCUT2D eigenvalue weighted by molar-refractivity contribution is -0.150. The zero-order valence-electron chi connectivity index (χ0n) is 18.6. The molecule has 0 radical (unpaired) electrons. The summed E-state index contributed by atoms with van der Waals surface area (Å²) in [5, 5.41) is 0.360. The van der Waals surface area contributed by atoms with E-state index in [2.05, 4.69) is 20.8 Å². The van der Waals surface area contributed by atoms with Gasteiger partial charge in [0.15, 0.2) is 6.61 Å². The number of esters is 1. The van der Waals surface area contributed by atoms with Crippen molar-refractivity contribution >= 4 is 16.9 Å². The fraction of sp³-hybridized carbons (Fsp3) is 0.360. The summed E-state index contributed by atoms with van der Waals surface area (Å²) in [6.07, 6.45) is 1.86. The number of carbonyl (C=O) groups is 1. The Labute approximate surface area is 181 Å². The van der Waals surface area contributed by atoms with Gasteiger partial charge in [0.25, 0.3) is 0 Å². The third-order valence-corrected chi connectivity index (χ3v) is 4.93. The topological polar surface area (TPSA) is 75.0 Å². The van der Waals surface area contributed by atoms with Crippen LogP contribution in [0.25, 0.3) is 11.0 Å². The van der Waals surface area contributed by atoms with Crippen LogP contribution in [0.1, 0.15) is 46.6 Å². The van der Waals surface area contributed by atoms with E-state index in [-0.39, 0.29) is 29.3 Å². The molecule has 1 heterocycles. The first-order valence-electron chi connectivity index (χ1n) is 10.3. The summed E-state index contributed by atoms with van der Waals surface area (Å²) in [6.45, 7) is 9.93. The molecule has 0 fully saturated rings. The molecule has 0 bridgehead atoms. The highest BCUT2D eigenvalue weighted by Crippen LogP contribution is 2.27. The van der Waals surface area contributed by atoms with Crippen molar-refractivity contribution in [3.63, 3.8) is 0 Å². The van der Waals surface area contributed by atoms with E-state index in [1.54, 1.807) is 18.2 Å². The number of fused-ring (bicyclic) bond motifs is 1. The van der Waals surface area contributed by atoms with Gasteiger partial charge in [-0.05, 0) is 48.6 Å². The van der Waals surface area contributed by atoms with Gasteiger partial charge in [-0.2, -0.15) is 0 Å². The predicted octanol–water partition coefficient (Wildman–Crippen LogP) is 5.60. The molecule has 1 atom stereocenters. The molecule has 0 aliphatic carbocycles. The van der Waals surface area contributed by atoms with Gasteiger partial charge in [-0.3, -0.25) is 4.79 Å². The van der Waals surface area contributed by atoms with Crippen molar-refractivity contribution in [2.24, 2.45) is 0 Å². The smallest absolute Gasteiger partial charge is 0.344 e. The van der Waals surface area contributed by atoms with Gasteiger partial charge < -0.3 is 18.6 Å². The second-order valence-corrected chi connectivity index (χ2v) is 8.46. The van der Waals surface area contributed by atoms with Gasteiger partial charge in [0.05, 0.1) is 11.5 Å². The molecule has 0 spiro atoms. The number of hydrogen-bond acceptors (Lipinski definition) is 6. The van der Waals surface area contributed by atoms with Gasteiger partial charge in [0, 0.05) is 6.07 Å². The molecule has 0 saturated carbocycles. The molecule has 31 heavy (non-hydrogen) atoms. The van der Waals surface area contributed by atoms with Crippen molar-refractivity contribution in [3.8, 4) is 17.2 Å². The summed E-state index contributed by atoms with van der Waals surface area (Å²) in [7, 11) is 0. The average Bonchev–Trinajstić information content (AvgIpc) is 2.74. The second-order valence-electron chi connectivity index (χ2n) is 8.46. The van der Waals surface area contributed by atoms with Crippen LogP contribution in [-0.2, 0) is 14.9 Å². The molecule has 1 aromatic heterocycles. The van der Waals surface area contributed by atoms with Crippen LogP contribution in [0.3, 0.4) is 0 Å². The van der Waals surface area contributed by atoms with Crippen LogP contribution < -0.4 is 14.9 Å². The lowest BCUT2D eigenvalue weighted by Crippen LogP contribution is -2.20. The van der Waals surface area contributed by atoms with Crippen LogP contribution in [0.15, 0.2) is 57.9 Å². The van der Waals surface area contributed by atoms with Crippen LogP contribution >= 0.6 is 0 Å². The zero-order chi connectivity index (χ0) is 22.6. The molecule has 164 valence electrons. The number of carbonyl (C=O) groups excluding carboxylic acids is 1. The standard InChI is InChI=1S/C25H28O6/c1-6-16(2)30-23(26)15-28-19-11-12-20-21(13-19)29-14-22(24(20)27)31-18-9-7-17(8-10-18)25(3,4)5/h7-14,16H,6,15H2,1-5H3. The van der Waals surface area contributed by atoms with Crippen molar-refractivity contribution in [3.05, 3.63) is 64.5 Å². The minimum atomic E-state index is -0.447. The quantitative estimate of drug-likeness (QED) is 0.459. The lowest BCUT2D eigenvalue weighted by atomic mass is 9.87. The minimum absolute atomic E-state index is 0.0330. The van der Waals surface area contributed by atoms with Gasteiger partial charge in [-0.1, -0.05) is 39.8 Å². The Balaban J connectivity index is 1.73. The van der Waals surface area contributed by atoms with Crippen LogP contribution in [-0.4, -0.2) is 18.7 Å². The van der Waals surface area contributed by atoms with Crippen LogP contribution in [0.2, 0.25) is 0 Å². The van der Waals surface area contributed by atoms with E-state index in [0.29, 0.717) is 22.5 Å². The Morgan fingerprint density at radius 1 is 1.06 bits per heavy atom. The highest BCUT2D eigenvalue weighted by Gasteiger charge is 2.15. The first kappa shape index (κ1) is 22.4. The lowest BCUT2D eigenvalue weighted by Gasteiger charge is -2.19. The molecule has 3 rings (SSSR count). The minimum Gasteiger partial charge on any atom is -0.482 e.